The van der Waals surface area contributed by atoms with Crippen LogP contribution in [0.4, 0.5) is 61.8 Å². The van der Waals surface area contributed by atoms with Crippen molar-refractivity contribution in [2.45, 2.75) is 82.7 Å². The molecular weight excluding hydrogens is 1340 g/mol. The number of halogens is 5. The molecule has 1 spiro atoms. The molecule has 1 saturated heterocycles. The molecule has 10 rings (SSSR count). The van der Waals surface area contributed by atoms with Crippen molar-refractivity contribution in [2.24, 2.45) is 0 Å². The number of carboxylic acid groups (broad SMARTS) is 2. The largest absolute Gasteiger partial charge is 0.481 e. The van der Waals surface area contributed by atoms with E-state index in [0.29, 0.717) is 71.9 Å². The van der Waals surface area contributed by atoms with Gasteiger partial charge in [-0.2, -0.15) is 5.26 Å². The van der Waals surface area contributed by atoms with E-state index in [-0.39, 0.29) is 44.9 Å². The number of nitrogens with zero attached hydrogens (tertiary/aromatic N) is 6. The van der Waals surface area contributed by atoms with Crippen LogP contribution >= 0.6 is 12.2 Å². The van der Waals surface area contributed by atoms with Gasteiger partial charge in [0.15, 0.2) is 10.8 Å². The first-order valence-corrected chi connectivity index (χ1v) is 27.9. The number of non-ortho nitro benzene ring substituents is 2. The van der Waals surface area contributed by atoms with E-state index in [9.17, 15) is 75.7 Å². The maximum Gasteiger partial charge on any atom is 0.338 e. The van der Waals surface area contributed by atoms with Crippen LogP contribution < -0.4 is 42.1 Å². The van der Waals surface area contributed by atoms with Crippen molar-refractivity contribution >= 4 is 104 Å². The average Bonchev–Trinajstić information content (AvgIpc) is 1.55. The fourth-order valence-electron chi connectivity index (χ4n) is 8.69. The van der Waals surface area contributed by atoms with Gasteiger partial charge in [0.1, 0.15) is 45.9 Å². The van der Waals surface area contributed by atoms with E-state index in [0.717, 1.165) is 87.6 Å². The summed E-state index contributed by atoms with van der Waals surface area (Å²) in [6.07, 6.45) is 7.00. The Morgan fingerprint density at radius 2 is 1.06 bits per heavy atom. The van der Waals surface area contributed by atoms with Crippen LogP contribution in [-0.2, 0) is 31.5 Å². The summed E-state index contributed by atoms with van der Waals surface area (Å²) < 4.78 is 151. The second-order valence-electron chi connectivity index (χ2n) is 20.4. The Morgan fingerprint density at radius 3 is 1.40 bits per heavy atom. The van der Waals surface area contributed by atoms with Crippen molar-refractivity contribution in [3.05, 3.63) is 203 Å². The van der Waals surface area contributed by atoms with Crippen molar-refractivity contribution in [1.29, 1.82) is 5.26 Å². The predicted molar refractivity (Wildman–Crippen MR) is 345 cm³/mol. The SMILES string of the molecule is CC(=O)O.O=C(O)c1ccc([N+](=O)[O-])cc1F.O=C1CCC1.[2H]C([2H])([2H])NC(=O)c1ccc(N)cc1F.[2H]C([2H])([2H])NC(=O)c1ccc(N2C(=S)N(c3ccc([N+]#[C-])c(C)c3)C(=O)C23CCC3)cc1F.[2H]C([2H])([2H])NC(=O)c1ccc(NC2(C#N)CCC2)cc1F.[2H]C([2H])([2H])NC(=O)c1ccc([N+](=O)[O-])cc1F.[Fe]. The first kappa shape index (κ1) is 61.9. The summed E-state index contributed by atoms with van der Waals surface area (Å²) in [5, 5.41) is 55.2. The molecule has 0 bridgehead atoms. The molecule has 0 aromatic heterocycles. The molecule has 3 saturated carbocycles. The molecule has 0 unspecified atom stereocenters. The number of rotatable bonds is 11. The summed E-state index contributed by atoms with van der Waals surface area (Å²) in [6.45, 7) is -0.718. The van der Waals surface area contributed by atoms with Crippen LogP contribution in [0, 0.1) is 74.1 Å². The first-order valence-electron chi connectivity index (χ1n) is 33.5. The zero-order chi connectivity index (χ0) is 81.9. The number of nitrogen functional groups attached to an aromatic ring is 1. The molecule has 4 aliphatic rings. The molecule has 6 aromatic rings. The van der Waals surface area contributed by atoms with Crippen LogP contribution in [0.2, 0.25) is 0 Å². The normalized spacial score (nSPS) is 15.9. The first-order chi connectivity index (χ1) is 49.9. The molecule has 26 nitrogen and oxygen atoms in total. The third kappa shape index (κ3) is 20.9. The van der Waals surface area contributed by atoms with Gasteiger partial charge in [-0.25, -0.2) is 31.6 Å². The number of aliphatic carboxylic acids is 1. The molecule has 6 aromatic carbocycles. The summed E-state index contributed by atoms with van der Waals surface area (Å²) >= 11 is 5.65. The van der Waals surface area contributed by atoms with E-state index in [1.165, 1.54) is 35.2 Å². The number of aromatic carboxylic acids is 1. The van der Waals surface area contributed by atoms with Crippen LogP contribution in [0.5, 0.6) is 0 Å². The number of aryl methyl sites for hydroxylation is 1. The number of ketones is 1. The zero-order valence-corrected chi connectivity index (χ0v) is 52.4. The molecule has 33 heteroatoms. The summed E-state index contributed by atoms with van der Waals surface area (Å²) in [4.78, 5) is 114. The van der Waals surface area contributed by atoms with Crippen LogP contribution in [0.25, 0.3) is 4.85 Å². The Kier molecular flexibility index (Phi) is 23.2. The summed E-state index contributed by atoms with van der Waals surface area (Å²) in [5.41, 5.74) is 2.96. The second kappa shape index (κ2) is 36.4. The van der Waals surface area contributed by atoms with Crippen LogP contribution in [0.15, 0.2) is 109 Å². The number of nitriles is 1. The molecule has 97 heavy (non-hydrogen) atoms. The number of benzene rings is 6. The summed E-state index contributed by atoms with van der Waals surface area (Å²) in [6, 6.07) is 22.7. The van der Waals surface area contributed by atoms with E-state index in [1.54, 1.807) is 51.3 Å². The molecule has 1 heterocycles. The van der Waals surface area contributed by atoms with Gasteiger partial charge in [0, 0.05) is 116 Å². The van der Waals surface area contributed by atoms with Crippen molar-refractivity contribution in [3.8, 4) is 6.07 Å². The number of anilines is 4. The van der Waals surface area contributed by atoms with Gasteiger partial charge in [0.25, 0.3) is 46.9 Å². The number of nitro groups is 2. The second-order valence-corrected chi connectivity index (χ2v) is 20.7. The molecule has 4 fully saturated rings. The Labute approximate surface area is 583 Å². The van der Waals surface area contributed by atoms with E-state index >= 15 is 0 Å². The van der Waals surface area contributed by atoms with Crippen molar-refractivity contribution in [2.75, 3.05) is 48.8 Å². The Hall–Kier alpha value is -11.3. The molecule has 3 aliphatic carbocycles. The van der Waals surface area contributed by atoms with Crippen LogP contribution in [0.1, 0.15) is 139 Å². The Balaban J connectivity index is 0.000000355. The number of Topliss-reactive ketones (excluding diaryl/α,β-unsaturated/α-hetero) is 1. The van der Waals surface area contributed by atoms with Gasteiger partial charge in [-0.05, 0) is 149 Å². The zero-order valence-electron chi connectivity index (χ0n) is 62.5. The minimum Gasteiger partial charge on any atom is -0.481 e. The van der Waals surface area contributed by atoms with Gasteiger partial charge in [0.05, 0.1) is 62.4 Å². The fraction of sp³-hybridized carbons (Fsp3) is 0.266. The number of nitro benzene ring substituents is 2. The molecule has 512 valence electrons. The van der Waals surface area contributed by atoms with Gasteiger partial charge in [-0.1, -0.05) is 6.07 Å². The average molecular weight is 1420 g/mol. The number of amides is 5. The van der Waals surface area contributed by atoms with Gasteiger partial charge < -0.3 is 47.4 Å². The number of nitrogens with one attached hydrogen (secondary N) is 5. The van der Waals surface area contributed by atoms with Gasteiger partial charge in [-0.3, -0.25) is 58.7 Å². The number of carbonyl (C=O) groups excluding carboxylic acids is 6. The minimum atomic E-state index is -2.75. The number of carboxylic acids is 2. The number of carbonyl (C=O) groups is 8. The van der Waals surface area contributed by atoms with Crippen molar-refractivity contribution in [1.82, 2.24) is 21.3 Å². The van der Waals surface area contributed by atoms with Crippen molar-refractivity contribution in [3.63, 3.8) is 0 Å². The molecular formula is C64H63F5FeN12O14S. The molecule has 9 N–H and O–H groups in total. The van der Waals surface area contributed by atoms with Gasteiger partial charge in [-0.15, -0.1) is 0 Å². The molecule has 0 radical (unpaired) electrons. The minimum absolute atomic E-state index is 0. The third-order valence-corrected chi connectivity index (χ3v) is 14.4. The fourth-order valence-corrected chi connectivity index (χ4v) is 9.16. The Bertz CT molecular complexity index is 4570. The van der Waals surface area contributed by atoms with Gasteiger partial charge >= 0.3 is 5.97 Å². The summed E-state index contributed by atoms with van der Waals surface area (Å²) in [5.74, 6) is -11.2. The number of thiocarbonyl (C=S) groups is 1. The summed E-state index contributed by atoms with van der Waals surface area (Å²) in [7, 11) is 0. The maximum atomic E-state index is 14.8. The third-order valence-electron chi connectivity index (χ3n) is 14.0. The number of hydrogen-bond acceptors (Lipinski definition) is 16. The van der Waals surface area contributed by atoms with E-state index in [2.05, 4.69) is 16.2 Å². The van der Waals surface area contributed by atoms with Crippen molar-refractivity contribution < 1.29 is 114 Å². The molecule has 5 amide bonds. The Morgan fingerprint density at radius 1 is 0.649 bits per heavy atom. The number of hydrogen-bond donors (Lipinski definition) is 8. The predicted octanol–water partition coefficient (Wildman–Crippen LogP) is 10.3. The van der Waals surface area contributed by atoms with E-state index in [1.807, 2.05) is 0 Å². The quantitative estimate of drug-likeness (QED) is 0.0114. The maximum absolute atomic E-state index is 14.8. The van der Waals surface area contributed by atoms with Gasteiger partial charge in [0.2, 0.25) is 0 Å². The van der Waals surface area contributed by atoms with E-state index in [4.69, 9.17) is 61.2 Å². The van der Waals surface area contributed by atoms with E-state index < -0.39 is 142 Å². The van der Waals surface area contributed by atoms with Crippen LogP contribution in [0.3, 0.4) is 0 Å². The monoisotopic (exact) mass is 1420 g/mol. The molecule has 1 aliphatic heterocycles. The smallest absolute Gasteiger partial charge is 0.338 e. The van der Waals surface area contributed by atoms with Crippen LogP contribution in [-0.4, -0.2) is 111 Å². The standard InChI is InChI=1S/C22H19FN4O2S.C13H14FN3O.C8H7FN2O3.C8H9FN2O.C7H4FNO4.C4H6O.C2H4O2.Fe/c1-13-11-14(6-8-18(13)24-2)26-20(29)22(9-4-10-22)27(21(26)30)15-5-7-16(17(23)12-15)19(28)25-3;1-16-12(18)10-4-3-9(7-11(10)14)17-13(8-15)5-2-6-13;1-10-8(12)6-3-2-5(11(13)14)4-7(6)9;1-11-8(12)6-3-2-5(10)4-7(6)9;8-6-3-4(9(12)13)1-2-5(6)7(10)11;5-4-2-1-3-4;1-2(3)4;/h5-8,11-12H,4,9-10H2,1,3H3,(H,25,28);3-4,7,17H,2,5-6H2,1H3,(H,16,18);2-4H,1H3,(H,10,12);2-4H,10H2,1H3,(H,11,12);1-3H,(H,10,11);1-3H2;1H3,(H,3,4);/i3D3;3*1D3;;;;. The topological polar surface area (TPSA) is 384 Å². The number of nitrogens with two attached hydrogens (primary N) is 1. The molecule has 0 atom stereocenters.